The van der Waals surface area contributed by atoms with Crippen LogP contribution in [0.2, 0.25) is 0 Å². The lowest BCUT2D eigenvalue weighted by atomic mass is 9.99. The molecule has 0 aliphatic carbocycles. The van der Waals surface area contributed by atoms with E-state index >= 15 is 0 Å². The van der Waals surface area contributed by atoms with Gasteiger partial charge in [0.15, 0.2) is 0 Å². The minimum Gasteiger partial charge on any atom is -0.472 e. The van der Waals surface area contributed by atoms with Crippen LogP contribution >= 0.6 is 0 Å². The molecule has 1 aliphatic rings. The number of fused-ring (bicyclic) bond motifs is 1. The van der Waals surface area contributed by atoms with E-state index in [9.17, 15) is 14.3 Å². The standard InChI is InChI=1S/C29H31FN4O3/c1-20-16-34(21(2)19-35)29(36)26-13-24(7-6-22-5-4-12-31-14-22)15-32-28(26)37-27(20)18-33(3)17-23-8-10-25(30)11-9-23/h4-5,8-15,20-21,27,35H,16-19H2,1-3H3/t20-,21+,27-/m1/s1. The molecule has 2 aromatic heterocycles. The van der Waals surface area contributed by atoms with Gasteiger partial charge in [-0.05, 0) is 49.9 Å². The van der Waals surface area contributed by atoms with Crippen molar-refractivity contribution in [1.82, 2.24) is 19.8 Å². The van der Waals surface area contributed by atoms with Gasteiger partial charge in [-0.25, -0.2) is 9.37 Å². The molecule has 1 amide bonds. The Labute approximate surface area is 216 Å². The average molecular weight is 503 g/mol. The second kappa shape index (κ2) is 12.0. The number of rotatable bonds is 6. The lowest BCUT2D eigenvalue weighted by molar-refractivity contribution is 0.0325. The van der Waals surface area contributed by atoms with Crippen LogP contribution in [0.1, 0.15) is 40.9 Å². The molecule has 1 N–H and O–H groups in total. The SMILES string of the molecule is C[C@@H]1CN([C@@H](C)CO)C(=O)c2cc(C#Cc3cccnc3)cnc2O[C@@H]1CN(C)Cc1ccc(F)cc1. The predicted molar refractivity (Wildman–Crippen MR) is 138 cm³/mol. The highest BCUT2D eigenvalue weighted by atomic mass is 19.1. The number of aromatic nitrogens is 2. The van der Waals surface area contributed by atoms with Gasteiger partial charge in [0.25, 0.3) is 5.91 Å². The van der Waals surface area contributed by atoms with E-state index in [1.54, 1.807) is 41.7 Å². The second-order valence-electron chi connectivity index (χ2n) is 9.51. The Balaban J connectivity index is 1.61. The van der Waals surface area contributed by atoms with Gasteiger partial charge < -0.3 is 14.7 Å². The summed E-state index contributed by atoms with van der Waals surface area (Å²) in [6, 6.07) is 11.4. The fraction of sp³-hybridized carbons (Fsp3) is 0.345. The number of carbonyl (C=O) groups excluding carboxylic acids is 1. The maximum absolute atomic E-state index is 13.6. The van der Waals surface area contributed by atoms with Crippen molar-refractivity contribution in [2.24, 2.45) is 5.92 Å². The molecule has 0 radical (unpaired) electrons. The number of aliphatic hydroxyl groups is 1. The van der Waals surface area contributed by atoms with Crippen molar-refractivity contribution in [2.45, 2.75) is 32.5 Å². The third-order valence-electron chi connectivity index (χ3n) is 6.39. The van der Waals surface area contributed by atoms with Crippen LogP contribution in [0, 0.1) is 23.6 Å². The highest BCUT2D eigenvalue weighted by Crippen LogP contribution is 2.27. The average Bonchev–Trinajstić information content (AvgIpc) is 2.91. The molecule has 0 spiro atoms. The van der Waals surface area contributed by atoms with Gasteiger partial charge in [0, 0.05) is 55.3 Å². The molecular weight excluding hydrogens is 471 g/mol. The van der Waals surface area contributed by atoms with Crippen molar-refractivity contribution >= 4 is 5.91 Å². The van der Waals surface area contributed by atoms with Gasteiger partial charge in [0.1, 0.15) is 17.5 Å². The van der Waals surface area contributed by atoms with Crippen molar-refractivity contribution in [3.63, 3.8) is 0 Å². The zero-order valence-electron chi connectivity index (χ0n) is 21.3. The molecule has 1 aliphatic heterocycles. The van der Waals surface area contributed by atoms with Gasteiger partial charge in [0.2, 0.25) is 5.88 Å². The van der Waals surface area contributed by atoms with Crippen LogP contribution in [-0.2, 0) is 6.54 Å². The molecule has 3 atom stereocenters. The van der Waals surface area contributed by atoms with Crippen molar-refractivity contribution in [3.05, 3.63) is 89.1 Å². The minimum atomic E-state index is -0.372. The van der Waals surface area contributed by atoms with E-state index in [1.165, 1.54) is 12.1 Å². The first-order valence-corrected chi connectivity index (χ1v) is 12.3. The third-order valence-corrected chi connectivity index (χ3v) is 6.39. The van der Waals surface area contributed by atoms with Crippen molar-refractivity contribution in [1.29, 1.82) is 0 Å². The summed E-state index contributed by atoms with van der Waals surface area (Å²) in [6.07, 6.45) is 4.67. The zero-order chi connectivity index (χ0) is 26.4. The molecule has 0 fully saturated rings. The topological polar surface area (TPSA) is 78.8 Å². The van der Waals surface area contributed by atoms with Gasteiger partial charge >= 0.3 is 0 Å². The normalized spacial score (nSPS) is 18.2. The quantitative estimate of drug-likeness (QED) is 0.521. The fourth-order valence-corrected chi connectivity index (χ4v) is 4.24. The molecule has 3 aromatic rings. The van der Waals surface area contributed by atoms with Gasteiger partial charge in [0.05, 0.1) is 12.6 Å². The van der Waals surface area contributed by atoms with E-state index in [0.29, 0.717) is 30.8 Å². The number of likely N-dealkylation sites (N-methyl/N-ethyl adjacent to an activating group) is 1. The van der Waals surface area contributed by atoms with Crippen LogP contribution in [0.5, 0.6) is 5.88 Å². The minimum absolute atomic E-state index is 0.0337. The van der Waals surface area contributed by atoms with Gasteiger partial charge in [-0.15, -0.1) is 0 Å². The van der Waals surface area contributed by atoms with Gasteiger partial charge in [-0.3, -0.25) is 14.7 Å². The molecule has 7 nitrogen and oxygen atoms in total. The summed E-state index contributed by atoms with van der Waals surface area (Å²) in [4.78, 5) is 25.9. The lowest BCUT2D eigenvalue weighted by Crippen LogP contribution is -2.49. The number of halogens is 1. The highest BCUT2D eigenvalue weighted by Gasteiger charge is 2.34. The van der Waals surface area contributed by atoms with Crippen molar-refractivity contribution in [2.75, 3.05) is 26.7 Å². The molecular formula is C29H31FN4O3. The largest absolute Gasteiger partial charge is 0.472 e. The molecule has 1 aromatic carbocycles. The maximum atomic E-state index is 13.6. The Kier molecular flexibility index (Phi) is 8.49. The van der Waals surface area contributed by atoms with Crippen LogP contribution in [0.25, 0.3) is 0 Å². The molecule has 0 unspecified atom stereocenters. The van der Waals surface area contributed by atoms with E-state index < -0.39 is 0 Å². The first-order chi connectivity index (χ1) is 17.8. The van der Waals surface area contributed by atoms with Crippen LogP contribution in [0.3, 0.4) is 0 Å². The number of hydrogen-bond donors (Lipinski definition) is 1. The summed E-state index contributed by atoms with van der Waals surface area (Å²) in [5.74, 6) is 5.78. The molecule has 37 heavy (non-hydrogen) atoms. The number of pyridine rings is 2. The maximum Gasteiger partial charge on any atom is 0.259 e. The Morgan fingerprint density at radius 1 is 1.22 bits per heavy atom. The van der Waals surface area contributed by atoms with Crippen LogP contribution in [0.15, 0.2) is 61.1 Å². The zero-order valence-corrected chi connectivity index (χ0v) is 21.3. The smallest absolute Gasteiger partial charge is 0.259 e. The van der Waals surface area contributed by atoms with E-state index in [-0.39, 0.29) is 42.3 Å². The molecule has 0 bridgehead atoms. The molecule has 3 heterocycles. The number of carbonyl (C=O) groups is 1. The summed E-state index contributed by atoms with van der Waals surface area (Å²) in [7, 11) is 1.98. The predicted octanol–water partition coefficient (Wildman–Crippen LogP) is 3.37. The van der Waals surface area contributed by atoms with E-state index in [1.807, 2.05) is 33.0 Å². The van der Waals surface area contributed by atoms with Crippen LogP contribution in [0.4, 0.5) is 4.39 Å². The Morgan fingerprint density at radius 2 is 1.97 bits per heavy atom. The molecule has 4 rings (SSSR count). The van der Waals surface area contributed by atoms with Crippen molar-refractivity contribution < 1.29 is 19.0 Å². The number of nitrogens with zero attached hydrogens (tertiary/aromatic N) is 4. The number of amides is 1. The fourth-order valence-electron chi connectivity index (χ4n) is 4.24. The third kappa shape index (κ3) is 6.70. The first kappa shape index (κ1) is 26.3. The monoisotopic (exact) mass is 502 g/mol. The summed E-state index contributed by atoms with van der Waals surface area (Å²) < 4.78 is 19.6. The molecule has 0 saturated carbocycles. The lowest BCUT2D eigenvalue weighted by Gasteiger charge is -2.37. The molecule has 192 valence electrons. The summed E-state index contributed by atoms with van der Waals surface area (Å²) in [5.41, 5.74) is 2.64. The number of ether oxygens (including phenoxy) is 1. The van der Waals surface area contributed by atoms with Crippen LogP contribution in [-0.4, -0.2) is 69.7 Å². The first-order valence-electron chi connectivity index (χ1n) is 12.3. The second-order valence-corrected chi connectivity index (χ2v) is 9.51. The number of benzene rings is 1. The number of hydrogen-bond acceptors (Lipinski definition) is 6. The summed E-state index contributed by atoms with van der Waals surface area (Å²) in [5, 5.41) is 9.86. The Hall–Kier alpha value is -3.80. The molecule has 8 heteroatoms. The van der Waals surface area contributed by atoms with Gasteiger partial charge in [-0.1, -0.05) is 30.9 Å². The Morgan fingerprint density at radius 3 is 2.68 bits per heavy atom. The highest BCUT2D eigenvalue weighted by molar-refractivity contribution is 5.97. The van der Waals surface area contributed by atoms with E-state index in [4.69, 9.17) is 4.74 Å². The summed E-state index contributed by atoms with van der Waals surface area (Å²) >= 11 is 0. The number of aliphatic hydroxyl groups excluding tert-OH is 1. The summed E-state index contributed by atoms with van der Waals surface area (Å²) in [6.45, 7) is 5.29. The van der Waals surface area contributed by atoms with Crippen LogP contribution < -0.4 is 4.74 Å². The van der Waals surface area contributed by atoms with E-state index in [0.717, 1.165) is 11.1 Å². The molecule has 0 saturated heterocycles. The van der Waals surface area contributed by atoms with E-state index in [2.05, 4.69) is 26.7 Å². The van der Waals surface area contributed by atoms with Gasteiger partial charge in [-0.2, -0.15) is 0 Å². The Bertz CT molecular complexity index is 1270. The van der Waals surface area contributed by atoms with Crippen molar-refractivity contribution in [3.8, 4) is 17.7 Å².